The molecular weight excluding hydrogens is 428 g/mol. The SMILES string of the molecule is CC1(c2ccccc2)NC(=O)N(CC(=O)N2CCCN(Cc3ccc(Cl)cc3)CC2)C1=O. The van der Waals surface area contributed by atoms with E-state index in [1.165, 1.54) is 5.56 Å². The minimum Gasteiger partial charge on any atom is -0.340 e. The molecular formula is C24H27ClN4O3. The van der Waals surface area contributed by atoms with E-state index in [0.717, 1.165) is 31.0 Å². The average Bonchev–Trinajstić information content (AvgIpc) is 2.95. The number of imide groups is 1. The van der Waals surface area contributed by atoms with Gasteiger partial charge in [-0.15, -0.1) is 0 Å². The van der Waals surface area contributed by atoms with Gasteiger partial charge >= 0.3 is 6.03 Å². The van der Waals surface area contributed by atoms with E-state index in [-0.39, 0.29) is 12.5 Å². The van der Waals surface area contributed by atoms with E-state index in [4.69, 9.17) is 11.6 Å². The number of rotatable bonds is 5. The third-order valence-electron chi connectivity index (χ3n) is 6.18. The quantitative estimate of drug-likeness (QED) is 0.705. The Bertz CT molecular complexity index is 998. The first-order valence-corrected chi connectivity index (χ1v) is 11.2. The summed E-state index contributed by atoms with van der Waals surface area (Å²) in [5.41, 5.74) is 0.710. The molecule has 0 aromatic heterocycles. The first-order valence-electron chi connectivity index (χ1n) is 10.8. The van der Waals surface area contributed by atoms with E-state index in [9.17, 15) is 14.4 Å². The van der Waals surface area contributed by atoms with Crippen molar-refractivity contribution in [2.45, 2.75) is 25.4 Å². The minimum absolute atomic E-state index is 0.209. The van der Waals surface area contributed by atoms with Crippen LogP contribution in [0.5, 0.6) is 0 Å². The summed E-state index contributed by atoms with van der Waals surface area (Å²) in [6.45, 7) is 5.00. The molecule has 2 aromatic carbocycles. The number of benzene rings is 2. The summed E-state index contributed by atoms with van der Waals surface area (Å²) in [5.74, 6) is -0.611. The second-order valence-electron chi connectivity index (χ2n) is 8.45. The molecule has 8 heteroatoms. The van der Waals surface area contributed by atoms with Crippen LogP contribution in [-0.2, 0) is 21.7 Å². The normalized spacial score (nSPS) is 22.1. The third-order valence-corrected chi connectivity index (χ3v) is 6.43. The predicted octanol–water partition coefficient (Wildman–Crippen LogP) is 2.84. The molecule has 2 aliphatic heterocycles. The molecule has 0 saturated carbocycles. The number of carbonyl (C=O) groups is 3. The van der Waals surface area contributed by atoms with Crippen LogP contribution in [0.2, 0.25) is 5.02 Å². The number of urea groups is 1. The Morgan fingerprint density at radius 1 is 1.00 bits per heavy atom. The Kier molecular flexibility index (Phi) is 6.48. The van der Waals surface area contributed by atoms with E-state index in [1.54, 1.807) is 24.0 Å². The van der Waals surface area contributed by atoms with Crippen LogP contribution in [0.15, 0.2) is 54.6 Å². The molecule has 2 aliphatic rings. The number of halogens is 1. The highest BCUT2D eigenvalue weighted by molar-refractivity contribution is 6.30. The lowest BCUT2D eigenvalue weighted by Crippen LogP contribution is -2.45. The van der Waals surface area contributed by atoms with Crippen molar-refractivity contribution < 1.29 is 14.4 Å². The standard InChI is InChI=1S/C24H27ClN4O3/c1-24(19-6-3-2-4-7-19)22(31)29(23(32)26-24)17-21(30)28-13-5-12-27(14-15-28)16-18-8-10-20(25)11-9-18/h2-4,6-11H,5,12-17H2,1H3,(H,26,32). The van der Waals surface area contributed by atoms with E-state index < -0.39 is 17.5 Å². The Balaban J connectivity index is 1.36. The van der Waals surface area contributed by atoms with Gasteiger partial charge in [0, 0.05) is 37.7 Å². The van der Waals surface area contributed by atoms with Crippen molar-refractivity contribution in [3.05, 3.63) is 70.7 Å². The maximum Gasteiger partial charge on any atom is 0.325 e. The van der Waals surface area contributed by atoms with Crippen LogP contribution in [0, 0.1) is 0 Å². The lowest BCUT2D eigenvalue weighted by atomic mass is 9.92. The number of hydrogen-bond acceptors (Lipinski definition) is 4. The molecule has 0 spiro atoms. The molecule has 4 rings (SSSR count). The molecule has 2 heterocycles. The molecule has 7 nitrogen and oxygen atoms in total. The Morgan fingerprint density at radius 2 is 1.72 bits per heavy atom. The van der Waals surface area contributed by atoms with E-state index in [0.29, 0.717) is 23.7 Å². The molecule has 2 saturated heterocycles. The summed E-state index contributed by atoms with van der Waals surface area (Å²) in [6, 6.07) is 16.3. The summed E-state index contributed by atoms with van der Waals surface area (Å²) in [6.07, 6.45) is 0.835. The second kappa shape index (κ2) is 9.30. The van der Waals surface area contributed by atoms with Gasteiger partial charge in [0.2, 0.25) is 5.91 Å². The van der Waals surface area contributed by atoms with Crippen molar-refractivity contribution in [3.8, 4) is 0 Å². The van der Waals surface area contributed by atoms with Gasteiger partial charge < -0.3 is 10.2 Å². The minimum atomic E-state index is -1.16. The average molecular weight is 455 g/mol. The highest BCUT2D eigenvalue weighted by atomic mass is 35.5. The number of amides is 4. The fraction of sp³-hybridized carbons (Fsp3) is 0.375. The van der Waals surface area contributed by atoms with Crippen LogP contribution in [-0.4, -0.2) is 65.3 Å². The highest BCUT2D eigenvalue weighted by Crippen LogP contribution is 2.28. The molecule has 0 bridgehead atoms. The first-order chi connectivity index (χ1) is 15.4. The topological polar surface area (TPSA) is 73.0 Å². The van der Waals surface area contributed by atoms with E-state index >= 15 is 0 Å². The largest absolute Gasteiger partial charge is 0.340 e. The Hall–Kier alpha value is -2.90. The van der Waals surface area contributed by atoms with Gasteiger partial charge in [0.25, 0.3) is 5.91 Å². The van der Waals surface area contributed by atoms with Gasteiger partial charge in [0.15, 0.2) is 0 Å². The van der Waals surface area contributed by atoms with E-state index in [2.05, 4.69) is 10.2 Å². The summed E-state index contributed by atoms with van der Waals surface area (Å²) < 4.78 is 0. The molecule has 168 valence electrons. The Morgan fingerprint density at radius 3 is 2.44 bits per heavy atom. The van der Waals surface area contributed by atoms with Gasteiger partial charge in [-0.05, 0) is 36.6 Å². The zero-order valence-corrected chi connectivity index (χ0v) is 18.8. The van der Waals surface area contributed by atoms with Crippen LogP contribution < -0.4 is 5.32 Å². The molecule has 0 radical (unpaired) electrons. The van der Waals surface area contributed by atoms with Gasteiger partial charge in [-0.25, -0.2) is 4.79 Å². The van der Waals surface area contributed by atoms with Gasteiger partial charge in [-0.1, -0.05) is 54.1 Å². The fourth-order valence-corrected chi connectivity index (χ4v) is 4.40. The van der Waals surface area contributed by atoms with Gasteiger partial charge in [0.05, 0.1) is 0 Å². The predicted molar refractivity (Wildman–Crippen MR) is 122 cm³/mol. The summed E-state index contributed by atoms with van der Waals surface area (Å²) in [4.78, 5) is 43.7. The van der Waals surface area contributed by atoms with Crippen molar-refractivity contribution in [2.24, 2.45) is 0 Å². The van der Waals surface area contributed by atoms with Crippen molar-refractivity contribution in [1.82, 2.24) is 20.0 Å². The molecule has 1 atom stereocenters. The lowest BCUT2D eigenvalue weighted by molar-refractivity contribution is -0.138. The van der Waals surface area contributed by atoms with E-state index in [1.807, 2.05) is 42.5 Å². The zero-order valence-electron chi connectivity index (χ0n) is 18.1. The van der Waals surface area contributed by atoms with Crippen LogP contribution >= 0.6 is 11.6 Å². The summed E-state index contributed by atoms with van der Waals surface area (Å²) >= 11 is 5.96. The smallest absolute Gasteiger partial charge is 0.325 e. The maximum atomic E-state index is 13.1. The van der Waals surface area contributed by atoms with Crippen molar-refractivity contribution in [2.75, 3.05) is 32.7 Å². The first kappa shape index (κ1) is 22.3. The van der Waals surface area contributed by atoms with Crippen LogP contribution in [0.4, 0.5) is 4.79 Å². The van der Waals surface area contributed by atoms with Crippen molar-refractivity contribution in [1.29, 1.82) is 0 Å². The second-order valence-corrected chi connectivity index (χ2v) is 8.89. The lowest BCUT2D eigenvalue weighted by Gasteiger charge is -2.25. The number of hydrogen-bond donors (Lipinski definition) is 1. The summed E-state index contributed by atoms with van der Waals surface area (Å²) in [5, 5.41) is 3.47. The molecule has 2 aromatic rings. The molecule has 1 N–H and O–H groups in total. The van der Waals surface area contributed by atoms with Crippen LogP contribution in [0.25, 0.3) is 0 Å². The molecule has 2 fully saturated rings. The van der Waals surface area contributed by atoms with Crippen molar-refractivity contribution in [3.63, 3.8) is 0 Å². The zero-order chi connectivity index (χ0) is 22.7. The fourth-order valence-electron chi connectivity index (χ4n) is 4.27. The monoisotopic (exact) mass is 454 g/mol. The van der Waals surface area contributed by atoms with Gasteiger partial charge in [-0.3, -0.25) is 19.4 Å². The molecule has 32 heavy (non-hydrogen) atoms. The van der Waals surface area contributed by atoms with Crippen LogP contribution in [0.1, 0.15) is 24.5 Å². The molecule has 1 unspecified atom stereocenters. The Labute approximate surface area is 192 Å². The highest BCUT2D eigenvalue weighted by Gasteiger charge is 2.49. The number of carbonyl (C=O) groups excluding carboxylic acids is 3. The summed E-state index contributed by atoms with van der Waals surface area (Å²) in [7, 11) is 0. The number of nitrogens with zero attached hydrogens (tertiary/aromatic N) is 3. The van der Waals surface area contributed by atoms with Crippen molar-refractivity contribution >= 4 is 29.4 Å². The van der Waals surface area contributed by atoms with Gasteiger partial charge in [-0.2, -0.15) is 0 Å². The van der Waals surface area contributed by atoms with Gasteiger partial charge in [0.1, 0.15) is 12.1 Å². The maximum absolute atomic E-state index is 13.1. The van der Waals surface area contributed by atoms with Crippen LogP contribution in [0.3, 0.4) is 0 Å². The molecule has 0 aliphatic carbocycles. The third kappa shape index (κ3) is 4.64. The number of nitrogens with one attached hydrogen (secondary N) is 1. The molecule has 4 amide bonds.